The van der Waals surface area contributed by atoms with E-state index in [4.69, 9.17) is 23.2 Å². The number of benzene rings is 1. The average molecular weight is 255 g/mol. The first-order valence-electron chi connectivity index (χ1n) is 5.32. The average Bonchev–Trinajstić information content (AvgIpc) is 2.28. The topological polar surface area (TPSA) is 67.3 Å². The van der Waals surface area contributed by atoms with Gasteiger partial charge < -0.3 is 5.73 Å². The lowest BCUT2D eigenvalue weighted by Gasteiger charge is -2.21. The number of rotatable bonds is 4. The molecule has 1 rings (SSSR count). The summed E-state index contributed by atoms with van der Waals surface area (Å²) in [4.78, 5) is 1.92. The molecule has 0 radical (unpaired) electrons. The van der Waals surface area contributed by atoms with Crippen molar-refractivity contribution in [3.8, 4) is 0 Å². The fraction of sp³-hybridized carbons (Fsp3) is 0.333. The zero-order chi connectivity index (χ0) is 13.0. The Morgan fingerprint density at radius 3 is 2.65 bits per heavy atom. The van der Waals surface area contributed by atoms with Crippen molar-refractivity contribution < 1.29 is 0 Å². The second kappa shape index (κ2) is 6.02. The second-order valence-corrected chi connectivity index (χ2v) is 4.52. The molecule has 5 N–H and O–H groups in total. The van der Waals surface area contributed by atoms with Crippen molar-refractivity contribution in [1.29, 1.82) is 0 Å². The van der Waals surface area contributed by atoms with Crippen molar-refractivity contribution in [3.63, 3.8) is 0 Å². The van der Waals surface area contributed by atoms with Gasteiger partial charge in [-0.1, -0.05) is 23.7 Å². The van der Waals surface area contributed by atoms with Crippen LogP contribution < -0.4 is 17.0 Å². The van der Waals surface area contributed by atoms with E-state index in [1.165, 1.54) is 0 Å². The van der Waals surface area contributed by atoms with E-state index in [2.05, 4.69) is 5.43 Å². The van der Waals surface area contributed by atoms with E-state index in [-0.39, 0.29) is 6.17 Å². The van der Waals surface area contributed by atoms with Crippen LogP contribution in [0, 0.1) is 6.92 Å². The summed E-state index contributed by atoms with van der Waals surface area (Å²) in [6.07, 6.45) is 1.74. The number of nitrogens with zero attached hydrogens (tertiary/aromatic N) is 1. The van der Waals surface area contributed by atoms with E-state index in [9.17, 15) is 0 Å². The molecule has 0 heterocycles. The van der Waals surface area contributed by atoms with E-state index >= 15 is 0 Å². The van der Waals surface area contributed by atoms with Crippen LogP contribution in [0.25, 0.3) is 5.70 Å². The van der Waals surface area contributed by atoms with Crippen molar-refractivity contribution in [3.05, 3.63) is 40.4 Å². The summed E-state index contributed by atoms with van der Waals surface area (Å²) >= 11 is 6.06. The van der Waals surface area contributed by atoms with Gasteiger partial charge in [0.15, 0.2) is 0 Å². The summed E-state index contributed by atoms with van der Waals surface area (Å²) in [6.45, 7) is 1.94. The van der Waals surface area contributed by atoms with Gasteiger partial charge in [-0.2, -0.15) is 0 Å². The third kappa shape index (κ3) is 3.44. The highest BCUT2D eigenvalue weighted by atomic mass is 35.5. The lowest BCUT2D eigenvalue weighted by atomic mass is 10.1. The SMILES string of the molecule is Cc1c(Cl)cccc1/C(N)=C/C(NN)N(C)C. The molecule has 94 valence electrons. The molecule has 0 fully saturated rings. The van der Waals surface area contributed by atoms with Crippen LogP contribution in [0.3, 0.4) is 0 Å². The molecule has 0 saturated heterocycles. The van der Waals surface area contributed by atoms with Gasteiger partial charge >= 0.3 is 0 Å². The van der Waals surface area contributed by atoms with Crippen molar-refractivity contribution in [2.45, 2.75) is 13.1 Å². The van der Waals surface area contributed by atoms with E-state index in [1.54, 1.807) is 0 Å². The van der Waals surface area contributed by atoms with Crippen LogP contribution in [0.4, 0.5) is 0 Å². The highest BCUT2D eigenvalue weighted by Gasteiger charge is 2.09. The lowest BCUT2D eigenvalue weighted by Crippen LogP contribution is -2.44. The first-order chi connectivity index (χ1) is 7.97. The molecule has 0 aliphatic heterocycles. The third-order valence-electron chi connectivity index (χ3n) is 2.64. The zero-order valence-electron chi connectivity index (χ0n) is 10.4. The number of nitrogens with one attached hydrogen (secondary N) is 1. The largest absolute Gasteiger partial charge is 0.398 e. The Bertz CT molecular complexity index is 415. The standard InChI is InChI=1S/C12H19ClN4/c1-8-9(5-4-6-10(8)13)11(14)7-12(16-15)17(2)3/h4-7,12,16H,14-15H2,1-3H3/b11-7-. The molecular formula is C12H19ClN4. The highest BCUT2D eigenvalue weighted by molar-refractivity contribution is 6.31. The molecule has 1 unspecified atom stereocenters. The van der Waals surface area contributed by atoms with Crippen molar-refractivity contribution in [2.24, 2.45) is 11.6 Å². The number of hydrogen-bond acceptors (Lipinski definition) is 4. The first-order valence-corrected chi connectivity index (χ1v) is 5.70. The molecule has 17 heavy (non-hydrogen) atoms. The van der Waals surface area contributed by atoms with Gasteiger partial charge in [0, 0.05) is 16.3 Å². The van der Waals surface area contributed by atoms with Gasteiger partial charge in [-0.25, -0.2) is 5.43 Å². The van der Waals surface area contributed by atoms with E-state index in [0.717, 1.165) is 11.1 Å². The second-order valence-electron chi connectivity index (χ2n) is 4.11. The maximum Gasteiger partial charge on any atom is 0.0933 e. The summed E-state index contributed by atoms with van der Waals surface area (Å²) < 4.78 is 0. The predicted molar refractivity (Wildman–Crippen MR) is 73.2 cm³/mol. The molecule has 0 bridgehead atoms. The maximum atomic E-state index is 6.06. The van der Waals surface area contributed by atoms with Crippen LogP contribution >= 0.6 is 11.6 Å². The van der Waals surface area contributed by atoms with Crippen molar-refractivity contribution in [2.75, 3.05) is 14.1 Å². The predicted octanol–water partition coefficient (Wildman–Crippen LogP) is 1.30. The Hall–Kier alpha value is -1.07. The Kier molecular flexibility index (Phi) is 4.96. The Balaban J connectivity index is 3.07. The molecule has 0 amide bonds. The fourth-order valence-corrected chi connectivity index (χ4v) is 1.70. The highest BCUT2D eigenvalue weighted by Crippen LogP contribution is 2.22. The van der Waals surface area contributed by atoms with Gasteiger partial charge in [0.25, 0.3) is 0 Å². The molecule has 0 aliphatic carbocycles. The summed E-state index contributed by atoms with van der Waals surface area (Å²) in [6, 6.07) is 5.67. The smallest absolute Gasteiger partial charge is 0.0933 e. The van der Waals surface area contributed by atoms with Crippen LogP contribution in [0.2, 0.25) is 5.02 Å². The normalized spacial score (nSPS) is 14.1. The number of nitrogens with two attached hydrogens (primary N) is 2. The molecule has 5 heteroatoms. The Morgan fingerprint density at radius 2 is 2.12 bits per heavy atom. The van der Waals surface area contributed by atoms with E-state index in [0.29, 0.717) is 10.7 Å². The number of hydrogen-bond donors (Lipinski definition) is 3. The molecule has 0 aromatic heterocycles. The molecule has 4 nitrogen and oxygen atoms in total. The first kappa shape index (κ1) is 14.0. The fourth-order valence-electron chi connectivity index (χ4n) is 1.53. The minimum Gasteiger partial charge on any atom is -0.398 e. The maximum absolute atomic E-state index is 6.06. The zero-order valence-corrected chi connectivity index (χ0v) is 11.1. The van der Waals surface area contributed by atoms with Crippen LogP contribution in [0.1, 0.15) is 11.1 Å². The van der Waals surface area contributed by atoms with E-state index < -0.39 is 0 Å². The summed E-state index contributed by atoms with van der Waals surface area (Å²) in [7, 11) is 3.83. The molecule has 1 aromatic rings. The van der Waals surface area contributed by atoms with Crippen molar-refractivity contribution in [1.82, 2.24) is 10.3 Å². The van der Waals surface area contributed by atoms with Crippen molar-refractivity contribution >= 4 is 17.3 Å². The van der Waals surface area contributed by atoms with Crippen LogP contribution in [0.5, 0.6) is 0 Å². The van der Waals surface area contributed by atoms with Gasteiger partial charge in [0.05, 0.1) is 6.17 Å². The summed E-state index contributed by atoms with van der Waals surface area (Å²) in [5.41, 5.74) is 11.3. The monoisotopic (exact) mass is 254 g/mol. The van der Waals surface area contributed by atoms with E-state index in [1.807, 2.05) is 50.2 Å². The quantitative estimate of drug-likeness (QED) is 0.431. The van der Waals surface area contributed by atoms with Gasteiger partial charge in [0.2, 0.25) is 0 Å². The van der Waals surface area contributed by atoms with Crippen LogP contribution in [-0.4, -0.2) is 25.2 Å². The molecular weight excluding hydrogens is 236 g/mol. The van der Waals surface area contributed by atoms with Crippen LogP contribution in [-0.2, 0) is 0 Å². The molecule has 0 saturated carbocycles. The van der Waals surface area contributed by atoms with Gasteiger partial charge in [0.1, 0.15) is 0 Å². The minimum atomic E-state index is -0.117. The number of likely N-dealkylation sites (N-methyl/N-ethyl adjacent to an activating group) is 1. The summed E-state index contributed by atoms with van der Waals surface area (Å²) in [5, 5.41) is 0.709. The Morgan fingerprint density at radius 1 is 1.47 bits per heavy atom. The van der Waals surface area contributed by atoms with Gasteiger partial charge in [-0.3, -0.25) is 10.7 Å². The number of hydrazine groups is 1. The number of halogens is 1. The van der Waals surface area contributed by atoms with Crippen LogP contribution in [0.15, 0.2) is 24.3 Å². The third-order valence-corrected chi connectivity index (χ3v) is 3.05. The summed E-state index contributed by atoms with van der Waals surface area (Å²) in [5.74, 6) is 5.45. The van der Waals surface area contributed by atoms with Gasteiger partial charge in [-0.05, 0) is 38.7 Å². The Labute approximate surface area is 107 Å². The molecule has 1 atom stereocenters. The van der Waals surface area contributed by atoms with Gasteiger partial charge in [-0.15, -0.1) is 0 Å². The molecule has 0 spiro atoms. The minimum absolute atomic E-state index is 0.117. The lowest BCUT2D eigenvalue weighted by molar-refractivity contribution is 0.298. The molecule has 1 aromatic carbocycles. The molecule has 0 aliphatic rings.